The molecule has 0 fully saturated rings. The van der Waals surface area contributed by atoms with Crippen molar-refractivity contribution in [1.82, 2.24) is 10.0 Å². The summed E-state index contributed by atoms with van der Waals surface area (Å²) in [5.41, 5.74) is 3.26. The Kier molecular flexibility index (Phi) is 5.51. The molecule has 3 rings (SSSR count). The lowest BCUT2D eigenvalue weighted by atomic mass is 10.0. The van der Waals surface area contributed by atoms with Crippen LogP contribution in [0.3, 0.4) is 0 Å². The van der Waals surface area contributed by atoms with Crippen LogP contribution in [0.2, 0.25) is 0 Å². The van der Waals surface area contributed by atoms with E-state index in [1.54, 1.807) is 6.07 Å². The molecular formula is C21H28N2O2S. The number of hydrogen-bond donors (Lipinski definition) is 2. The Hall–Kier alpha value is -1.69. The van der Waals surface area contributed by atoms with Crippen molar-refractivity contribution in [3.05, 3.63) is 65.2 Å². The standard InChI is InChI=1S/C21H28N2O2S/c1-16(17-8-5-4-6-9-17)23-21(2,3)15-22-26(24,25)20-13-12-18-10-7-11-19(18)14-20/h4-6,8-9,12-14,16,22-23H,7,10-11,15H2,1-3H3. The fourth-order valence-electron chi connectivity index (χ4n) is 3.54. The summed E-state index contributed by atoms with van der Waals surface area (Å²) >= 11 is 0. The van der Waals surface area contributed by atoms with Gasteiger partial charge in [-0.05, 0) is 68.9 Å². The number of benzene rings is 2. The topological polar surface area (TPSA) is 58.2 Å². The summed E-state index contributed by atoms with van der Waals surface area (Å²) in [6.07, 6.45) is 3.14. The Morgan fingerprint density at radius 1 is 1.04 bits per heavy atom. The summed E-state index contributed by atoms with van der Waals surface area (Å²) in [7, 11) is -3.51. The quantitative estimate of drug-likeness (QED) is 0.781. The minimum Gasteiger partial charge on any atom is -0.304 e. The van der Waals surface area contributed by atoms with Crippen LogP contribution in [0.4, 0.5) is 0 Å². The van der Waals surface area contributed by atoms with Gasteiger partial charge in [0.15, 0.2) is 0 Å². The molecule has 1 aliphatic rings. The van der Waals surface area contributed by atoms with Crippen LogP contribution < -0.4 is 10.0 Å². The molecule has 0 aromatic heterocycles. The number of aryl methyl sites for hydroxylation is 2. The van der Waals surface area contributed by atoms with E-state index in [0.29, 0.717) is 11.4 Å². The van der Waals surface area contributed by atoms with Gasteiger partial charge in [0.1, 0.15) is 0 Å². The van der Waals surface area contributed by atoms with Gasteiger partial charge in [-0.15, -0.1) is 0 Å². The van der Waals surface area contributed by atoms with Crippen LogP contribution in [0.5, 0.6) is 0 Å². The van der Waals surface area contributed by atoms with E-state index >= 15 is 0 Å². The molecule has 4 nitrogen and oxygen atoms in total. The van der Waals surface area contributed by atoms with Crippen molar-refractivity contribution in [2.75, 3.05) is 6.54 Å². The highest BCUT2D eigenvalue weighted by Crippen LogP contribution is 2.25. The molecule has 0 aliphatic heterocycles. The van der Waals surface area contributed by atoms with Crippen molar-refractivity contribution in [3.8, 4) is 0 Å². The fourth-order valence-corrected chi connectivity index (χ4v) is 4.80. The molecular weight excluding hydrogens is 344 g/mol. The third kappa shape index (κ3) is 4.53. The van der Waals surface area contributed by atoms with Crippen molar-refractivity contribution in [2.45, 2.75) is 56.5 Å². The monoisotopic (exact) mass is 372 g/mol. The van der Waals surface area contributed by atoms with Crippen molar-refractivity contribution in [3.63, 3.8) is 0 Å². The van der Waals surface area contributed by atoms with Crippen LogP contribution in [0.15, 0.2) is 53.4 Å². The molecule has 0 spiro atoms. The maximum atomic E-state index is 12.7. The number of rotatable bonds is 7. The number of fused-ring (bicyclic) bond motifs is 1. The van der Waals surface area contributed by atoms with Crippen LogP contribution in [-0.4, -0.2) is 20.5 Å². The highest BCUT2D eigenvalue weighted by molar-refractivity contribution is 7.89. The molecule has 5 heteroatoms. The SMILES string of the molecule is CC(NC(C)(C)CNS(=O)(=O)c1ccc2c(c1)CCC2)c1ccccc1. The predicted octanol–water partition coefficient (Wildman–Crippen LogP) is 3.58. The Morgan fingerprint density at radius 2 is 1.73 bits per heavy atom. The van der Waals surface area contributed by atoms with Gasteiger partial charge in [0.2, 0.25) is 10.0 Å². The normalized spacial score (nSPS) is 15.7. The van der Waals surface area contributed by atoms with Gasteiger partial charge in [-0.1, -0.05) is 36.4 Å². The molecule has 2 aromatic carbocycles. The third-order valence-electron chi connectivity index (χ3n) is 4.99. The summed E-state index contributed by atoms with van der Waals surface area (Å²) in [6.45, 7) is 6.44. The molecule has 2 aromatic rings. The van der Waals surface area contributed by atoms with Gasteiger partial charge in [0.25, 0.3) is 0 Å². The van der Waals surface area contributed by atoms with Gasteiger partial charge in [0.05, 0.1) is 4.90 Å². The Morgan fingerprint density at radius 3 is 2.46 bits per heavy atom. The summed E-state index contributed by atoms with van der Waals surface area (Å²) in [5, 5.41) is 3.51. The molecule has 0 amide bonds. The van der Waals surface area contributed by atoms with Crippen molar-refractivity contribution >= 4 is 10.0 Å². The van der Waals surface area contributed by atoms with Gasteiger partial charge in [0, 0.05) is 18.1 Å². The van der Waals surface area contributed by atoms with E-state index < -0.39 is 10.0 Å². The summed E-state index contributed by atoms with van der Waals surface area (Å²) in [4.78, 5) is 0.366. The largest absolute Gasteiger partial charge is 0.304 e. The van der Waals surface area contributed by atoms with Crippen LogP contribution in [0, 0.1) is 0 Å². The zero-order valence-corrected chi connectivity index (χ0v) is 16.6. The fraction of sp³-hybridized carbons (Fsp3) is 0.429. The molecule has 0 saturated carbocycles. The smallest absolute Gasteiger partial charge is 0.240 e. The average Bonchev–Trinajstić information content (AvgIpc) is 3.08. The summed E-state index contributed by atoms with van der Waals surface area (Å²) in [5.74, 6) is 0. The third-order valence-corrected chi connectivity index (χ3v) is 6.39. The highest BCUT2D eigenvalue weighted by Gasteiger charge is 2.25. The van der Waals surface area contributed by atoms with E-state index in [-0.39, 0.29) is 11.6 Å². The number of nitrogens with one attached hydrogen (secondary N) is 2. The lowest BCUT2D eigenvalue weighted by molar-refractivity contribution is 0.346. The van der Waals surface area contributed by atoms with Gasteiger partial charge in [-0.2, -0.15) is 0 Å². The van der Waals surface area contributed by atoms with E-state index in [0.717, 1.165) is 19.3 Å². The molecule has 26 heavy (non-hydrogen) atoms. The van der Waals surface area contributed by atoms with Crippen molar-refractivity contribution in [2.24, 2.45) is 0 Å². The lowest BCUT2D eigenvalue weighted by Gasteiger charge is -2.30. The molecule has 140 valence electrons. The molecule has 0 heterocycles. The van der Waals surface area contributed by atoms with Gasteiger partial charge in [-0.3, -0.25) is 0 Å². The second-order valence-corrected chi connectivity index (χ2v) is 9.54. The van der Waals surface area contributed by atoms with Crippen LogP contribution >= 0.6 is 0 Å². The van der Waals surface area contributed by atoms with Crippen molar-refractivity contribution < 1.29 is 8.42 Å². The minimum atomic E-state index is -3.51. The zero-order valence-electron chi connectivity index (χ0n) is 15.7. The predicted molar refractivity (Wildman–Crippen MR) is 106 cm³/mol. The first-order chi connectivity index (χ1) is 12.3. The van der Waals surface area contributed by atoms with Crippen LogP contribution in [-0.2, 0) is 22.9 Å². The Labute approximate surface area is 157 Å². The zero-order chi connectivity index (χ0) is 18.8. The Bertz CT molecular complexity index is 861. The van der Waals surface area contributed by atoms with E-state index in [4.69, 9.17) is 0 Å². The maximum Gasteiger partial charge on any atom is 0.240 e. The first-order valence-electron chi connectivity index (χ1n) is 9.21. The van der Waals surface area contributed by atoms with Crippen molar-refractivity contribution in [1.29, 1.82) is 0 Å². The minimum absolute atomic E-state index is 0.135. The van der Waals surface area contributed by atoms with E-state index in [9.17, 15) is 8.42 Å². The van der Waals surface area contributed by atoms with Crippen LogP contribution in [0.25, 0.3) is 0 Å². The molecule has 2 N–H and O–H groups in total. The second kappa shape index (κ2) is 7.51. The molecule has 1 atom stereocenters. The molecule has 0 bridgehead atoms. The van der Waals surface area contributed by atoms with E-state index in [2.05, 4.69) is 29.1 Å². The lowest BCUT2D eigenvalue weighted by Crippen LogP contribution is -2.49. The van der Waals surface area contributed by atoms with Crippen LogP contribution in [0.1, 0.15) is 49.9 Å². The number of hydrogen-bond acceptors (Lipinski definition) is 3. The van der Waals surface area contributed by atoms with E-state index in [1.807, 2.05) is 44.2 Å². The number of sulfonamides is 1. The average molecular weight is 373 g/mol. The molecule has 1 unspecified atom stereocenters. The van der Waals surface area contributed by atoms with Gasteiger partial charge >= 0.3 is 0 Å². The molecule has 0 radical (unpaired) electrons. The van der Waals surface area contributed by atoms with E-state index in [1.165, 1.54) is 16.7 Å². The molecule has 1 aliphatic carbocycles. The molecule has 0 saturated heterocycles. The van der Waals surface area contributed by atoms with Gasteiger partial charge < -0.3 is 5.32 Å². The maximum absolute atomic E-state index is 12.7. The highest BCUT2D eigenvalue weighted by atomic mass is 32.2. The second-order valence-electron chi connectivity index (χ2n) is 7.77. The first kappa shape index (κ1) is 19.1. The summed E-state index contributed by atoms with van der Waals surface area (Å²) < 4.78 is 28.2. The van der Waals surface area contributed by atoms with Gasteiger partial charge in [-0.25, -0.2) is 13.1 Å². The Balaban J connectivity index is 1.64. The summed E-state index contributed by atoms with van der Waals surface area (Å²) in [6, 6.07) is 15.8. The first-order valence-corrected chi connectivity index (χ1v) is 10.7.